The molecule has 0 aliphatic carbocycles. The molecular formula is C15H19N5OS. The topological polar surface area (TPSA) is 86.2 Å². The number of aromatic amines is 1. The summed E-state index contributed by atoms with van der Waals surface area (Å²) in [7, 11) is 0. The van der Waals surface area contributed by atoms with Gasteiger partial charge in [0.05, 0.1) is 6.21 Å². The van der Waals surface area contributed by atoms with Gasteiger partial charge in [0.25, 0.3) is 0 Å². The van der Waals surface area contributed by atoms with Crippen LogP contribution in [0.15, 0.2) is 41.1 Å². The molecule has 0 amide bonds. The molecule has 0 bridgehead atoms. The molecule has 2 rings (SSSR count). The molecule has 22 heavy (non-hydrogen) atoms. The summed E-state index contributed by atoms with van der Waals surface area (Å²) in [5.74, 6) is 0.669. The highest BCUT2D eigenvalue weighted by molar-refractivity contribution is 7.99. The maximum atomic E-state index is 10.1. The second-order valence-corrected chi connectivity index (χ2v) is 6.39. The number of hydrogen-bond acceptors (Lipinski definition) is 6. The van der Waals surface area contributed by atoms with E-state index in [9.17, 15) is 5.11 Å². The number of allylic oxidation sites excluding steroid dienone is 1. The number of anilines is 1. The van der Waals surface area contributed by atoms with Crippen molar-refractivity contribution >= 4 is 23.9 Å². The molecule has 2 aromatic rings. The highest BCUT2D eigenvalue weighted by Gasteiger charge is 2.06. The van der Waals surface area contributed by atoms with Gasteiger partial charge in [-0.3, -0.25) is 0 Å². The van der Waals surface area contributed by atoms with E-state index in [1.807, 2.05) is 12.1 Å². The maximum Gasteiger partial charge on any atom is 0.240 e. The van der Waals surface area contributed by atoms with Crippen LogP contribution in [-0.2, 0) is 6.42 Å². The molecule has 0 unspecified atom stereocenters. The number of para-hydroxylation sites is 1. The third-order valence-corrected chi connectivity index (χ3v) is 3.56. The molecule has 0 fully saturated rings. The Labute approximate surface area is 133 Å². The molecule has 0 aliphatic heterocycles. The molecule has 0 radical (unpaired) electrons. The predicted octanol–water partition coefficient (Wildman–Crippen LogP) is 3.19. The van der Waals surface area contributed by atoms with E-state index in [4.69, 9.17) is 0 Å². The molecule has 1 aromatic carbocycles. The Morgan fingerprint density at radius 1 is 1.50 bits per heavy atom. The van der Waals surface area contributed by atoms with Gasteiger partial charge in [-0.15, -0.1) is 11.7 Å². The Morgan fingerprint density at radius 2 is 2.32 bits per heavy atom. The molecule has 7 heteroatoms. The number of thioether (sulfide) groups is 1. The Kier molecular flexibility index (Phi) is 5.60. The van der Waals surface area contributed by atoms with Crippen LogP contribution in [0.1, 0.15) is 25.0 Å². The van der Waals surface area contributed by atoms with Crippen LogP contribution < -0.4 is 5.43 Å². The van der Waals surface area contributed by atoms with Gasteiger partial charge in [-0.25, -0.2) is 10.5 Å². The van der Waals surface area contributed by atoms with Crippen molar-refractivity contribution in [1.82, 2.24) is 15.2 Å². The van der Waals surface area contributed by atoms with Gasteiger partial charge in [-0.2, -0.15) is 10.1 Å². The quantitative estimate of drug-likeness (QED) is 0.316. The van der Waals surface area contributed by atoms with Crippen molar-refractivity contribution in [1.29, 1.82) is 0 Å². The highest BCUT2D eigenvalue weighted by atomic mass is 32.2. The molecule has 0 atom stereocenters. The van der Waals surface area contributed by atoms with E-state index in [0.29, 0.717) is 28.3 Å². The number of nitrogens with one attached hydrogen (secondary N) is 2. The first kappa shape index (κ1) is 16.1. The Morgan fingerprint density at radius 3 is 3.05 bits per heavy atom. The number of aromatic nitrogens is 3. The second kappa shape index (κ2) is 7.65. The first-order chi connectivity index (χ1) is 10.6. The van der Waals surface area contributed by atoms with Gasteiger partial charge < -0.3 is 5.11 Å². The van der Waals surface area contributed by atoms with Crippen molar-refractivity contribution in [3.05, 3.63) is 42.0 Å². The summed E-state index contributed by atoms with van der Waals surface area (Å²) in [6, 6.07) is 5.51. The van der Waals surface area contributed by atoms with Crippen molar-refractivity contribution in [3.63, 3.8) is 0 Å². The summed E-state index contributed by atoms with van der Waals surface area (Å²) < 4.78 is 0. The fraction of sp³-hybridized carbons (Fsp3) is 0.267. The minimum Gasteiger partial charge on any atom is -0.507 e. The molecule has 6 nitrogen and oxygen atoms in total. The third-order valence-electron chi connectivity index (χ3n) is 2.70. The van der Waals surface area contributed by atoms with E-state index in [1.165, 1.54) is 0 Å². The lowest BCUT2D eigenvalue weighted by Gasteiger charge is -2.04. The van der Waals surface area contributed by atoms with Crippen LogP contribution in [0.2, 0.25) is 0 Å². The molecule has 0 saturated carbocycles. The monoisotopic (exact) mass is 317 g/mol. The van der Waals surface area contributed by atoms with Gasteiger partial charge in [-0.05, 0) is 18.1 Å². The first-order valence-electron chi connectivity index (χ1n) is 6.90. The Hall–Kier alpha value is -2.28. The molecular weight excluding hydrogens is 298 g/mol. The summed E-state index contributed by atoms with van der Waals surface area (Å²) in [5, 5.41) is 22.1. The zero-order valence-corrected chi connectivity index (χ0v) is 13.4. The zero-order chi connectivity index (χ0) is 15.9. The molecule has 0 spiro atoms. The van der Waals surface area contributed by atoms with Crippen molar-refractivity contribution in [2.24, 2.45) is 5.10 Å². The van der Waals surface area contributed by atoms with Crippen LogP contribution >= 0.6 is 11.8 Å². The smallest absolute Gasteiger partial charge is 0.240 e. The van der Waals surface area contributed by atoms with Crippen LogP contribution in [0.5, 0.6) is 5.75 Å². The predicted molar refractivity (Wildman–Crippen MR) is 90.6 cm³/mol. The van der Waals surface area contributed by atoms with Gasteiger partial charge >= 0.3 is 0 Å². The van der Waals surface area contributed by atoms with Crippen LogP contribution in [0.25, 0.3) is 0 Å². The minimum atomic E-state index is 0.210. The van der Waals surface area contributed by atoms with Gasteiger partial charge in [0.2, 0.25) is 11.1 Å². The normalized spacial score (nSPS) is 11.2. The number of benzene rings is 1. The van der Waals surface area contributed by atoms with E-state index in [1.54, 1.807) is 30.1 Å². The van der Waals surface area contributed by atoms with Crippen LogP contribution in [0.4, 0.5) is 5.95 Å². The Balaban J connectivity index is 2.02. The average Bonchev–Trinajstić information content (AvgIpc) is 2.90. The summed E-state index contributed by atoms with van der Waals surface area (Å²) in [5.41, 5.74) is 4.20. The number of hydrazone groups is 1. The van der Waals surface area contributed by atoms with E-state index in [-0.39, 0.29) is 5.75 Å². The standard InChI is InChI=1S/C15H19N5OS/c1-4-6-11-7-5-8-12(13(11)21)9-16-18-14-17-15(20-19-14)22-10(2)3/h4-5,7-10,21H,1,6H2,2-3H3,(H2,17,18,19,20)/b16-9+. The van der Waals surface area contributed by atoms with Crippen LogP contribution in [0.3, 0.4) is 0 Å². The molecule has 0 saturated heterocycles. The lowest BCUT2D eigenvalue weighted by molar-refractivity contribution is 0.469. The van der Waals surface area contributed by atoms with Crippen molar-refractivity contribution in [3.8, 4) is 5.75 Å². The fourth-order valence-corrected chi connectivity index (χ4v) is 2.42. The number of aromatic hydroxyl groups is 1. The highest BCUT2D eigenvalue weighted by Crippen LogP contribution is 2.22. The van der Waals surface area contributed by atoms with E-state index in [0.717, 1.165) is 5.56 Å². The summed E-state index contributed by atoms with van der Waals surface area (Å²) in [6.45, 7) is 7.82. The number of phenols is 1. The first-order valence-corrected chi connectivity index (χ1v) is 7.78. The molecule has 0 aliphatic rings. The number of H-pyrrole nitrogens is 1. The minimum absolute atomic E-state index is 0.210. The summed E-state index contributed by atoms with van der Waals surface area (Å²) in [6.07, 6.45) is 3.90. The largest absolute Gasteiger partial charge is 0.507 e. The molecule has 3 N–H and O–H groups in total. The third kappa shape index (κ3) is 4.36. The van der Waals surface area contributed by atoms with Crippen LogP contribution in [-0.4, -0.2) is 31.8 Å². The van der Waals surface area contributed by atoms with Crippen molar-refractivity contribution in [2.75, 3.05) is 5.43 Å². The summed E-state index contributed by atoms with van der Waals surface area (Å²) >= 11 is 1.56. The number of rotatable bonds is 7. The van der Waals surface area contributed by atoms with Crippen molar-refractivity contribution in [2.45, 2.75) is 30.7 Å². The number of hydrogen-bond donors (Lipinski definition) is 3. The zero-order valence-electron chi connectivity index (χ0n) is 12.6. The van der Waals surface area contributed by atoms with Gasteiger partial charge in [0, 0.05) is 10.8 Å². The Bertz CT molecular complexity index is 666. The SMILES string of the molecule is C=CCc1cccc(/C=N/Nc2nc(SC(C)C)n[nH]2)c1O. The lowest BCUT2D eigenvalue weighted by Crippen LogP contribution is -1.94. The lowest BCUT2D eigenvalue weighted by atomic mass is 10.1. The van der Waals surface area contributed by atoms with E-state index in [2.05, 4.69) is 46.1 Å². The molecule has 1 aromatic heterocycles. The van der Waals surface area contributed by atoms with Gasteiger partial charge in [0.1, 0.15) is 5.75 Å². The maximum absolute atomic E-state index is 10.1. The van der Waals surface area contributed by atoms with Crippen molar-refractivity contribution < 1.29 is 5.11 Å². The second-order valence-electron chi connectivity index (χ2n) is 4.85. The molecule has 116 valence electrons. The number of phenolic OH excluding ortho intramolecular Hbond substituents is 1. The van der Waals surface area contributed by atoms with Gasteiger partial charge in [0.15, 0.2) is 0 Å². The average molecular weight is 317 g/mol. The fourth-order valence-electron chi connectivity index (χ4n) is 1.76. The van der Waals surface area contributed by atoms with E-state index < -0.39 is 0 Å². The van der Waals surface area contributed by atoms with Gasteiger partial charge in [-0.1, -0.05) is 43.8 Å². The number of nitrogens with zero attached hydrogens (tertiary/aromatic N) is 3. The summed E-state index contributed by atoms with van der Waals surface area (Å²) in [4.78, 5) is 4.25. The molecule has 1 heterocycles. The van der Waals surface area contributed by atoms with E-state index >= 15 is 0 Å². The van der Waals surface area contributed by atoms with Crippen LogP contribution in [0, 0.1) is 0 Å².